The summed E-state index contributed by atoms with van der Waals surface area (Å²) < 4.78 is 10.9. The molecular formula is C20H24N2O3. The van der Waals surface area contributed by atoms with E-state index < -0.39 is 6.29 Å². The van der Waals surface area contributed by atoms with Gasteiger partial charge in [0, 0.05) is 18.8 Å². The molecule has 2 aliphatic heterocycles. The standard InChI is InChI=1S/C20H24N2O3/c23-18-8-7-17(21-19(18)20-24-12-13-25-20)6-3-10-22-11-9-15-4-1-2-5-16(15)14-22/h1-2,4-5,7-8,20,23H,3,6,9-14H2. The van der Waals surface area contributed by atoms with Gasteiger partial charge in [-0.05, 0) is 49.1 Å². The lowest BCUT2D eigenvalue weighted by atomic mass is 10.00. The average molecular weight is 340 g/mol. The van der Waals surface area contributed by atoms with Crippen molar-refractivity contribution in [3.8, 4) is 5.75 Å². The summed E-state index contributed by atoms with van der Waals surface area (Å²) in [7, 11) is 0. The molecule has 132 valence electrons. The largest absolute Gasteiger partial charge is 0.506 e. The van der Waals surface area contributed by atoms with E-state index in [0.717, 1.165) is 44.6 Å². The summed E-state index contributed by atoms with van der Waals surface area (Å²) in [5.74, 6) is 0.142. The maximum Gasteiger partial charge on any atom is 0.204 e. The lowest BCUT2D eigenvalue weighted by molar-refractivity contribution is -0.0488. The molecule has 25 heavy (non-hydrogen) atoms. The molecule has 0 radical (unpaired) electrons. The number of pyridine rings is 1. The van der Waals surface area contributed by atoms with Gasteiger partial charge in [0.1, 0.15) is 11.4 Å². The van der Waals surface area contributed by atoms with Crippen molar-refractivity contribution in [2.24, 2.45) is 0 Å². The van der Waals surface area contributed by atoms with E-state index in [4.69, 9.17) is 9.47 Å². The Labute approximate surface area is 148 Å². The van der Waals surface area contributed by atoms with E-state index in [1.807, 2.05) is 6.07 Å². The Balaban J connectivity index is 1.32. The van der Waals surface area contributed by atoms with Crippen LogP contribution in [-0.4, -0.2) is 41.3 Å². The number of aromatic hydroxyl groups is 1. The van der Waals surface area contributed by atoms with Crippen molar-refractivity contribution in [2.75, 3.05) is 26.3 Å². The Morgan fingerprint density at radius 1 is 1.08 bits per heavy atom. The van der Waals surface area contributed by atoms with Crippen LogP contribution >= 0.6 is 0 Å². The Hall–Kier alpha value is -1.95. The molecule has 5 heteroatoms. The van der Waals surface area contributed by atoms with Crippen molar-refractivity contribution < 1.29 is 14.6 Å². The average Bonchev–Trinajstić information content (AvgIpc) is 3.17. The van der Waals surface area contributed by atoms with Gasteiger partial charge in [-0.25, -0.2) is 4.98 Å². The van der Waals surface area contributed by atoms with Gasteiger partial charge in [-0.1, -0.05) is 24.3 Å². The molecule has 1 fully saturated rings. The number of benzene rings is 1. The highest BCUT2D eigenvalue weighted by Crippen LogP contribution is 2.29. The van der Waals surface area contributed by atoms with Crippen molar-refractivity contribution in [1.82, 2.24) is 9.88 Å². The molecule has 4 rings (SSSR count). The van der Waals surface area contributed by atoms with Crippen LogP contribution in [0.3, 0.4) is 0 Å². The molecule has 1 N–H and O–H groups in total. The number of nitrogens with zero attached hydrogens (tertiary/aromatic N) is 2. The Bertz CT molecular complexity index is 729. The molecule has 5 nitrogen and oxygen atoms in total. The van der Waals surface area contributed by atoms with E-state index in [1.54, 1.807) is 6.07 Å². The maximum absolute atomic E-state index is 9.99. The quantitative estimate of drug-likeness (QED) is 0.907. The topological polar surface area (TPSA) is 54.8 Å². The van der Waals surface area contributed by atoms with Gasteiger partial charge in [0.05, 0.1) is 13.2 Å². The summed E-state index contributed by atoms with van der Waals surface area (Å²) in [6.45, 7) is 4.31. The monoisotopic (exact) mass is 340 g/mol. The van der Waals surface area contributed by atoms with Gasteiger partial charge in [0.15, 0.2) is 0 Å². The molecular weight excluding hydrogens is 316 g/mol. The number of aromatic nitrogens is 1. The van der Waals surface area contributed by atoms with Crippen LogP contribution in [0.1, 0.15) is 35.2 Å². The first-order valence-corrected chi connectivity index (χ1v) is 9.01. The second-order valence-electron chi connectivity index (χ2n) is 6.68. The molecule has 0 aliphatic carbocycles. The fourth-order valence-corrected chi connectivity index (χ4v) is 3.57. The number of fused-ring (bicyclic) bond motifs is 1. The van der Waals surface area contributed by atoms with Gasteiger partial charge in [-0.3, -0.25) is 4.90 Å². The molecule has 3 heterocycles. The number of rotatable bonds is 5. The van der Waals surface area contributed by atoms with Crippen LogP contribution in [0.25, 0.3) is 0 Å². The van der Waals surface area contributed by atoms with Crippen LogP contribution in [-0.2, 0) is 28.9 Å². The summed E-state index contributed by atoms with van der Waals surface area (Å²) in [6.07, 6.45) is 2.54. The zero-order valence-corrected chi connectivity index (χ0v) is 14.4. The lowest BCUT2D eigenvalue weighted by Gasteiger charge is -2.28. The first kappa shape index (κ1) is 16.5. The molecule has 0 unspecified atom stereocenters. The van der Waals surface area contributed by atoms with Crippen molar-refractivity contribution in [3.05, 3.63) is 58.9 Å². The Morgan fingerprint density at radius 3 is 2.72 bits per heavy atom. The van der Waals surface area contributed by atoms with Crippen LogP contribution in [0.5, 0.6) is 5.75 Å². The predicted octanol–water partition coefficient (Wildman–Crippen LogP) is 2.82. The molecule has 0 amide bonds. The Morgan fingerprint density at radius 2 is 1.88 bits per heavy atom. The predicted molar refractivity (Wildman–Crippen MR) is 94.3 cm³/mol. The van der Waals surface area contributed by atoms with E-state index in [-0.39, 0.29) is 5.75 Å². The second kappa shape index (κ2) is 7.52. The highest BCUT2D eigenvalue weighted by Gasteiger charge is 2.23. The van der Waals surface area contributed by atoms with Gasteiger partial charge in [0.2, 0.25) is 6.29 Å². The normalized spacial score (nSPS) is 18.4. The maximum atomic E-state index is 9.99. The van der Waals surface area contributed by atoms with Crippen molar-refractivity contribution in [1.29, 1.82) is 0 Å². The lowest BCUT2D eigenvalue weighted by Crippen LogP contribution is -2.31. The number of hydrogen-bond donors (Lipinski definition) is 1. The zero-order chi connectivity index (χ0) is 17.1. The summed E-state index contributed by atoms with van der Waals surface area (Å²) in [6, 6.07) is 12.3. The molecule has 1 aromatic carbocycles. The molecule has 0 saturated carbocycles. The molecule has 1 aromatic heterocycles. The SMILES string of the molecule is Oc1ccc(CCCN2CCc3ccccc3C2)nc1C1OCCO1. The van der Waals surface area contributed by atoms with Crippen molar-refractivity contribution in [2.45, 2.75) is 32.1 Å². The van der Waals surface area contributed by atoms with Gasteiger partial charge in [0.25, 0.3) is 0 Å². The van der Waals surface area contributed by atoms with Crippen LogP contribution in [0.2, 0.25) is 0 Å². The fraction of sp³-hybridized carbons (Fsp3) is 0.450. The van der Waals surface area contributed by atoms with Crippen LogP contribution in [0, 0.1) is 0 Å². The molecule has 2 aliphatic rings. The highest BCUT2D eigenvalue weighted by atomic mass is 16.7. The summed E-state index contributed by atoms with van der Waals surface area (Å²) in [4.78, 5) is 7.06. The highest BCUT2D eigenvalue weighted by molar-refractivity contribution is 5.30. The van der Waals surface area contributed by atoms with E-state index in [2.05, 4.69) is 34.1 Å². The molecule has 0 spiro atoms. The minimum absolute atomic E-state index is 0.142. The van der Waals surface area contributed by atoms with E-state index in [1.165, 1.54) is 11.1 Å². The van der Waals surface area contributed by atoms with E-state index in [0.29, 0.717) is 18.9 Å². The Kier molecular flexibility index (Phi) is 4.97. The molecule has 2 aromatic rings. The second-order valence-corrected chi connectivity index (χ2v) is 6.68. The third kappa shape index (κ3) is 3.84. The summed E-state index contributed by atoms with van der Waals surface area (Å²) >= 11 is 0. The molecule has 0 bridgehead atoms. The van der Waals surface area contributed by atoms with Crippen molar-refractivity contribution in [3.63, 3.8) is 0 Å². The van der Waals surface area contributed by atoms with Gasteiger partial charge < -0.3 is 14.6 Å². The minimum Gasteiger partial charge on any atom is -0.506 e. The van der Waals surface area contributed by atoms with E-state index >= 15 is 0 Å². The van der Waals surface area contributed by atoms with Gasteiger partial charge in [-0.15, -0.1) is 0 Å². The zero-order valence-electron chi connectivity index (χ0n) is 14.4. The molecule has 1 saturated heterocycles. The minimum atomic E-state index is -0.529. The summed E-state index contributed by atoms with van der Waals surface area (Å²) in [5, 5.41) is 9.99. The summed E-state index contributed by atoms with van der Waals surface area (Å²) in [5.41, 5.74) is 4.42. The number of hydrogen-bond acceptors (Lipinski definition) is 5. The van der Waals surface area contributed by atoms with E-state index in [9.17, 15) is 5.11 Å². The van der Waals surface area contributed by atoms with Crippen LogP contribution < -0.4 is 0 Å². The third-order valence-electron chi connectivity index (χ3n) is 4.92. The molecule has 0 atom stereocenters. The number of ether oxygens (including phenoxy) is 2. The van der Waals surface area contributed by atoms with Crippen LogP contribution in [0.15, 0.2) is 36.4 Å². The van der Waals surface area contributed by atoms with Crippen molar-refractivity contribution >= 4 is 0 Å². The smallest absolute Gasteiger partial charge is 0.204 e. The first-order valence-electron chi connectivity index (χ1n) is 9.01. The first-order chi connectivity index (χ1) is 12.3. The van der Waals surface area contributed by atoms with Gasteiger partial charge in [-0.2, -0.15) is 0 Å². The third-order valence-corrected chi connectivity index (χ3v) is 4.92. The fourth-order valence-electron chi connectivity index (χ4n) is 3.57. The van der Waals surface area contributed by atoms with Gasteiger partial charge >= 0.3 is 0 Å². The number of aryl methyl sites for hydroxylation is 1. The van der Waals surface area contributed by atoms with Crippen LogP contribution in [0.4, 0.5) is 0 Å².